The number of ether oxygens (including phenoxy) is 1. The van der Waals surface area contributed by atoms with Gasteiger partial charge in [-0.2, -0.15) is 5.10 Å². The van der Waals surface area contributed by atoms with Crippen LogP contribution in [0.2, 0.25) is 0 Å². The Bertz CT molecular complexity index is 451. The van der Waals surface area contributed by atoms with E-state index in [1.54, 1.807) is 31.1 Å². The van der Waals surface area contributed by atoms with Gasteiger partial charge in [0.1, 0.15) is 12.2 Å². The first-order valence-electron chi connectivity index (χ1n) is 6.08. The molecular weight excluding hydrogens is 234 g/mol. The summed E-state index contributed by atoms with van der Waals surface area (Å²) in [6.07, 6.45) is 3.47. The lowest BCUT2D eigenvalue weighted by molar-refractivity contribution is -0.144. The summed E-state index contributed by atoms with van der Waals surface area (Å²) in [6.45, 7) is 2.10. The van der Waals surface area contributed by atoms with E-state index in [0.29, 0.717) is 12.3 Å². The van der Waals surface area contributed by atoms with Crippen LogP contribution in [0.1, 0.15) is 30.3 Å². The fourth-order valence-electron chi connectivity index (χ4n) is 1.83. The highest BCUT2D eigenvalue weighted by Crippen LogP contribution is 2.28. The van der Waals surface area contributed by atoms with Gasteiger partial charge in [0.2, 0.25) is 0 Å². The first kappa shape index (κ1) is 12.6. The highest BCUT2D eigenvalue weighted by molar-refractivity contribution is 5.94. The van der Waals surface area contributed by atoms with Crippen LogP contribution in [-0.4, -0.2) is 45.8 Å². The standard InChI is InChI=1S/C12H17N3O3/c1-3-18-11(16)8-15(9-4-5-9)12(17)10-6-7-13-14(10)2/h6-7,9H,3-5,8H2,1-2H3. The minimum absolute atomic E-state index is 0.0164. The molecule has 0 unspecified atom stereocenters. The van der Waals surface area contributed by atoms with Gasteiger partial charge >= 0.3 is 5.97 Å². The van der Waals surface area contributed by atoms with Crippen LogP contribution in [0, 0.1) is 0 Å². The number of aromatic nitrogens is 2. The second-order valence-electron chi connectivity index (χ2n) is 4.31. The monoisotopic (exact) mass is 251 g/mol. The van der Waals surface area contributed by atoms with Gasteiger partial charge in [-0.05, 0) is 25.8 Å². The Morgan fingerprint density at radius 1 is 1.56 bits per heavy atom. The van der Waals surface area contributed by atoms with Crippen LogP contribution in [-0.2, 0) is 16.6 Å². The summed E-state index contributed by atoms with van der Waals surface area (Å²) < 4.78 is 6.41. The Morgan fingerprint density at radius 2 is 2.28 bits per heavy atom. The third kappa shape index (κ3) is 2.69. The predicted molar refractivity (Wildman–Crippen MR) is 63.9 cm³/mol. The zero-order valence-corrected chi connectivity index (χ0v) is 10.6. The normalized spacial score (nSPS) is 14.3. The number of carbonyl (C=O) groups excluding carboxylic acids is 2. The van der Waals surface area contributed by atoms with E-state index < -0.39 is 0 Å². The number of amides is 1. The third-order valence-electron chi connectivity index (χ3n) is 2.89. The zero-order chi connectivity index (χ0) is 13.1. The number of carbonyl (C=O) groups is 2. The van der Waals surface area contributed by atoms with Crippen LogP contribution in [0.15, 0.2) is 12.3 Å². The molecule has 1 amide bonds. The van der Waals surface area contributed by atoms with E-state index in [0.717, 1.165) is 12.8 Å². The molecule has 0 spiro atoms. The molecule has 0 radical (unpaired) electrons. The molecule has 0 aromatic carbocycles. The lowest BCUT2D eigenvalue weighted by Crippen LogP contribution is -2.39. The van der Waals surface area contributed by atoms with E-state index in [1.807, 2.05) is 0 Å². The lowest BCUT2D eigenvalue weighted by atomic mass is 10.3. The van der Waals surface area contributed by atoms with Gasteiger partial charge < -0.3 is 9.64 Å². The highest BCUT2D eigenvalue weighted by Gasteiger charge is 2.35. The third-order valence-corrected chi connectivity index (χ3v) is 2.89. The molecule has 18 heavy (non-hydrogen) atoms. The predicted octanol–water partition coefficient (Wildman–Crippen LogP) is 0.588. The second kappa shape index (κ2) is 5.20. The smallest absolute Gasteiger partial charge is 0.325 e. The number of hydrogen-bond acceptors (Lipinski definition) is 4. The molecule has 1 saturated carbocycles. The van der Waals surface area contributed by atoms with Gasteiger partial charge in [0.05, 0.1) is 6.61 Å². The fourth-order valence-corrected chi connectivity index (χ4v) is 1.83. The first-order valence-corrected chi connectivity index (χ1v) is 6.08. The summed E-state index contributed by atoms with van der Waals surface area (Å²) >= 11 is 0. The second-order valence-corrected chi connectivity index (χ2v) is 4.31. The molecule has 0 saturated heterocycles. The van der Waals surface area contributed by atoms with Gasteiger partial charge in [0.25, 0.3) is 5.91 Å². The summed E-state index contributed by atoms with van der Waals surface area (Å²) in [5.74, 6) is -0.523. The molecule has 1 heterocycles. The highest BCUT2D eigenvalue weighted by atomic mass is 16.5. The topological polar surface area (TPSA) is 64.4 Å². The van der Waals surface area contributed by atoms with Gasteiger partial charge in [-0.15, -0.1) is 0 Å². The maximum absolute atomic E-state index is 12.3. The van der Waals surface area contributed by atoms with Crippen molar-refractivity contribution in [2.75, 3.05) is 13.2 Å². The average Bonchev–Trinajstić information content (AvgIpc) is 3.08. The summed E-state index contributed by atoms with van der Waals surface area (Å²) in [6, 6.07) is 1.82. The maximum atomic E-state index is 12.3. The number of hydrogen-bond donors (Lipinski definition) is 0. The molecule has 2 rings (SSSR count). The summed E-state index contributed by atoms with van der Waals surface area (Å²) in [7, 11) is 1.71. The van der Waals surface area contributed by atoms with Crippen LogP contribution in [0.25, 0.3) is 0 Å². The van der Waals surface area contributed by atoms with Crippen molar-refractivity contribution in [3.05, 3.63) is 18.0 Å². The van der Waals surface area contributed by atoms with Crippen LogP contribution in [0.4, 0.5) is 0 Å². The van der Waals surface area contributed by atoms with Crippen molar-refractivity contribution in [2.24, 2.45) is 7.05 Å². The van der Waals surface area contributed by atoms with E-state index >= 15 is 0 Å². The SMILES string of the molecule is CCOC(=O)CN(C(=O)c1ccnn1C)C1CC1. The lowest BCUT2D eigenvalue weighted by Gasteiger charge is -2.21. The van der Waals surface area contributed by atoms with E-state index in [2.05, 4.69) is 5.10 Å². The van der Waals surface area contributed by atoms with Gasteiger partial charge in [-0.1, -0.05) is 0 Å². The van der Waals surface area contributed by atoms with E-state index in [9.17, 15) is 9.59 Å². The molecular formula is C12H17N3O3. The Balaban J connectivity index is 2.08. The van der Waals surface area contributed by atoms with Crippen molar-refractivity contribution in [3.63, 3.8) is 0 Å². The van der Waals surface area contributed by atoms with Crippen molar-refractivity contribution in [3.8, 4) is 0 Å². The van der Waals surface area contributed by atoms with Crippen molar-refractivity contribution in [2.45, 2.75) is 25.8 Å². The molecule has 0 atom stereocenters. The van der Waals surface area contributed by atoms with E-state index in [4.69, 9.17) is 4.74 Å². The molecule has 1 aromatic rings. The van der Waals surface area contributed by atoms with Crippen molar-refractivity contribution in [1.82, 2.24) is 14.7 Å². The van der Waals surface area contributed by atoms with Gasteiger partial charge in [0.15, 0.2) is 0 Å². The summed E-state index contributed by atoms with van der Waals surface area (Å²) in [4.78, 5) is 25.4. The molecule has 6 heteroatoms. The van der Waals surface area contributed by atoms with E-state index in [1.165, 1.54) is 4.68 Å². The Hall–Kier alpha value is -1.85. The summed E-state index contributed by atoms with van der Waals surface area (Å²) in [5.41, 5.74) is 0.492. The molecule has 0 N–H and O–H groups in total. The maximum Gasteiger partial charge on any atom is 0.325 e. The van der Waals surface area contributed by atoms with Crippen molar-refractivity contribution < 1.29 is 14.3 Å². The minimum atomic E-state index is -0.361. The van der Waals surface area contributed by atoms with Gasteiger partial charge in [-0.25, -0.2) is 0 Å². The minimum Gasteiger partial charge on any atom is -0.465 e. The Morgan fingerprint density at radius 3 is 2.78 bits per heavy atom. The number of aryl methyl sites for hydroxylation is 1. The van der Waals surface area contributed by atoms with Crippen LogP contribution < -0.4 is 0 Å². The molecule has 0 aliphatic heterocycles. The summed E-state index contributed by atoms with van der Waals surface area (Å²) in [5, 5.41) is 3.97. The van der Waals surface area contributed by atoms with Crippen LogP contribution in [0.5, 0.6) is 0 Å². The Kier molecular flexibility index (Phi) is 3.64. The van der Waals surface area contributed by atoms with Crippen LogP contribution in [0.3, 0.4) is 0 Å². The number of nitrogens with zero attached hydrogens (tertiary/aromatic N) is 3. The van der Waals surface area contributed by atoms with Gasteiger partial charge in [-0.3, -0.25) is 14.3 Å². The molecule has 6 nitrogen and oxygen atoms in total. The molecule has 0 bridgehead atoms. The molecule has 1 fully saturated rings. The average molecular weight is 251 g/mol. The molecule has 1 aliphatic rings. The zero-order valence-electron chi connectivity index (χ0n) is 10.6. The van der Waals surface area contributed by atoms with Crippen LogP contribution >= 0.6 is 0 Å². The largest absolute Gasteiger partial charge is 0.465 e. The van der Waals surface area contributed by atoms with E-state index in [-0.39, 0.29) is 24.5 Å². The Labute approximate surface area is 106 Å². The van der Waals surface area contributed by atoms with Gasteiger partial charge in [0, 0.05) is 19.3 Å². The molecule has 1 aliphatic carbocycles. The first-order chi connectivity index (χ1) is 8.63. The number of rotatable bonds is 5. The quantitative estimate of drug-likeness (QED) is 0.718. The molecule has 1 aromatic heterocycles. The molecule has 98 valence electrons. The fraction of sp³-hybridized carbons (Fsp3) is 0.583. The number of esters is 1. The van der Waals surface area contributed by atoms with Crippen molar-refractivity contribution >= 4 is 11.9 Å². The van der Waals surface area contributed by atoms with Crippen molar-refractivity contribution in [1.29, 1.82) is 0 Å².